The van der Waals surface area contributed by atoms with Gasteiger partial charge in [-0.2, -0.15) is 0 Å². The summed E-state index contributed by atoms with van der Waals surface area (Å²) in [5.74, 6) is -0.153. The average Bonchev–Trinajstić information content (AvgIpc) is 3.19. The minimum Gasteiger partial charge on any atom is -0.370 e. The van der Waals surface area contributed by atoms with E-state index in [0.29, 0.717) is 6.42 Å². The maximum atomic E-state index is 10.6. The van der Waals surface area contributed by atoms with E-state index in [1.165, 1.54) is 129 Å². The van der Waals surface area contributed by atoms with Crippen molar-refractivity contribution >= 4 is 5.91 Å². The lowest BCUT2D eigenvalue weighted by molar-refractivity contribution is -0.118. The van der Waals surface area contributed by atoms with E-state index in [-0.39, 0.29) is 5.91 Å². The van der Waals surface area contributed by atoms with Crippen LogP contribution in [0.15, 0.2) is 0 Å². The van der Waals surface area contributed by atoms with Crippen molar-refractivity contribution in [2.45, 2.75) is 136 Å². The van der Waals surface area contributed by atoms with Gasteiger partial charge in [0.2, 0.25) is 5.91 Å². The lowest BCUT2D eigenvalue weighted by atomic mass is 10.0. The van der Waals surface area contributed by atoms with Gasteiger partial charge in [-0.15, -0.1) is 0 Å². The van der Waals surface area contributed by atoms with Crippen molar-refractivity contribution in [3.63, 3.8) is 0 Å². The predicted octanol–water partition coefficient (Wildman–Crippen LogP) is 7.23. The van der Waals surface area contributed by atoms with E-state index in [0.717, 1.165) is 6.42 Å². The van der Waals surface area contributed by atoms with E-state index in [9.17, 15) is 4.79 Å². The van der Waals surface area contributed by atoms with Gasteiger partial charge in [0, 0.05) is 6.42 Å². The third-order valence-corrected chi connectivity index (χ3v) is 5.77. The van der Waals surface area contributed by atoms with Crippen LogP contribution in [0.2, 0.25) is 0 Å². The fourth-order valence-electron chi connectivity index (χ4n) is 3.99. The third-order valence-electron chi connectivity index (χ3n) is 5.77. The molecule has 3 heteroatoms. The van der Waals surface area contributed by atoms with Gasteiger partial charge in [0.15, 0.2) is 0 Å². The van der Waals surface area contributed by atoms with Gasteiger partial charge in [0.05, 0.1) is 0 Å². The van der Waals surface area contributed by atoms with Crippen molar-refractivity contribution in [1.82, 2.24) is 4.90 Å². The Balaban J connectivity index is 0.000000749. The van der Waals surface area contributed by atoms with Gasteiger partial charge in [0.1, 0.15) is 0 Å². The summed E-state index contributed by atoms with van der Waals surface area (Å²) in [5, 5.41) is 0. The Hall–Kier alpha value is -0.570. The molecular formula is C25H52N2O. The molecule has 0 aromatic rings. The first-order valence-corrected chi connectivity index (χ1v) is 12.7. The number of rotatable bonds is 18. The van der Waals surface area contributed by atoms with Crippen LogP contribution in [-0.4, -0.2) is 30.4 Å². The van der Waals surface area contributed by atoms with Crippen molar-refractivity contribution in [1.29, 1.82) is 0 Å². The molecule has 0 spiro atoms. The number of carbonyl (C=O) groups excluding carboxylic acids is 1. The zero-order valence-electron chi connectivity index (χ0n) is 19.5. The second kappa shape index (κ2) is 22.7. The molecule has 0 radical (unpaired) electrons. The minimum atomic E-state index is -0.153. The number of hydrogen-bond donors (Lipinski definition) is 1. The number of primary amides is 1. The number of hydrogen-bond acceptors (Lipinski definition) is 2. The first-order valence-electron chi connectivity index (χ1n) is 12.7. The Kier molecular flexibility index (Phi) is 22.3. The van der Waals surface area contributed by atoms with Crippen LogP contribution in [0.3, 0.4) is 0 Å². The van der Waals surface area contributed by atoms with E-state index in [1.807, 2.05) is 0 Å². The number of unbranched alkanes of at least 4 members (excludes halogenated alkanes) is 14. The average molecular weight is 397 g/mol. The topological polar surface area (TPSA) is 46.3 Å². The molecule has 1 heterocycles. The number of amides is 1. The molecule has 2 N–H and O–H groups in total. The highest BCUT2D eigenvalue weighted by molar-refractivity contribution is 5.73. The number of nitrogens with two attached hydrogens (primary N) is 1. The van der Waals surface area contributed by atoms with Crippen LogP contribution in [0, 0.1) is 0 Å². The summed E-state index contributed by atoms with van der Waals surface area (Å²) in [5.41, 5.74) is 5.11. The van der Waals surface area contributed by atoms with Gasteiger partial charge < -0.3 is 10.6 Å². The predicted molar refractivity (Wildman–Crippen MR) is 125 cm³/mol. The molecule has 0 bridgehead atoms. The minimum absolute atomic E-state index is 0.153. The van der Waals surface area contributed by atoms with Crippen LogP contribution in [0.25, 0.3) is 0 Å². The van der Waals surface area contributed by atoms with Gasteiger partial charge >= 0.3 is 0 Å². The summed E-state index contributed by atoms with van der Waals surface area (Å²) < 4.78 is 0. The highest BCUT2D eigenvalue weighted by Gasteiger charge is 2.08. The van der Waals surface area contributed by atoms with E-state index < -0.39 is 0 Å². The summed E-state index contributed by atoms with van der Waals surface area (Å²) in [7, 11) is 0. The Morgan fingerprint density at radius 2 is 1.04 bits per heavy atom. The van der Waals surface area contributed by atoms with Gasteiger partial charge in [-0.05, 0) is 45.3 Å². The van der Waals surface area contributed by atoms with Crippen LogP contribution >= 0.6 is 0 Å². The van der Waals surface area contributed by atoms with E-state index in [1.54, 1.807) is 0 Å². The molecule has 1 fully saturated rings. The maximum Gasteiger partial charge on any atom is 0.217 e. The molecule has 1 rings (SSSR count). The number of carbonyl (C=O) groups is 1. The quantitative estimate of drug-likeness (QED) is 0.248. The third kappa shape index (κ3) is 21.7. The van der Waals surface area contributed by atoms with Crippen molar-refractivity contribution in [2.75, 3.05) is 19.6 Å². The summed E-state index contributed by atoms with van der Waals surface area (Å²) in [6.07, 6.45) is 25.1. The first kappa shape index (κ1) is 27.4. The van der Waals surface area contributed by atoms with E-state index >= 15 is 0 Å². The van der Waals surface area contributed by atoms with Crippen molar-refractivity contribution in [3.8, 4) is 0 Å². The molecule has 1 aliphatic rings. The monoisotopic (exact) mass is 396 g/mol. The van der Waals surface area contributed by atoms with Gasteiger partial charge in [0.25, 0.3) is 0 Å². The Morgan fingerprint density at radius 3 is 1.39 bits per heavy atom. The molecule has 1 amide bonds. The molecule has 0 aromatic carbocycles. The molecule has 1 aliphatic heterocycles. The van der Waals surface area contributed by atoms with Crippen molar-refractivity contribution in [3.05, 3.63) is 0 Å². The fraction of sp³-hybridized carbons (Fsp3) is 0.960. The molecule has 0 unspecified atom stereocenters. The Morgan fingerprint density at radius 1 is 0.643 bits per heavy atom. The standard InChI is InChI=1S/C18H37NO.C7H15N/c1-2-3-4-5-6-7-8-9-10-11-12-13-14-15-16-17-18(19)20;1-2-5-8-6-3-4-7-8/h2-17H2,1H3,(H2,19,20);2-7H2,1H3. The Bertz CT molecular complexity index is 314. The molecule has 1 saturated heterocycles. The van der Waals surface area contributed by atoms with Crippen molar-refractivity contribution < 1.29 is 4.79 Å². The van der Waals surface area contributed by atoms with Crippen molar-refractivity contribution in [2.24, 2.45) is 5.73 Å². The van der Waals surface area contributed by atoms with Crippen LogP contribution in [0.4, 0.5) is 0 Å². The Labute approximate surface area is 177 Å². The summed E-state index contributed by atoms with van der Waals surface area (Å²) >= 11 is 0. The van der Waals surface area contributed by atoms with Gasteiger partial charge in [-0.3, -0.25) is 4.79 Å². The maximum absolute atomic E-state index is 10.6. The molecule has 0 atom stereocenters. The van der Waals surface area contributed by atoms with Crippen LogP contribution in [0.1, 0.15) is 136 Å². The fourth-order valence-corrected chi connectivity index (χ4v) is 3.99. The second-order valence-corrected chi connectivity index (χ2v) is 8.71. The lowest BCUT2D eigenvalue weighted by Gasteiger charge is -2.11. The highest BCUT2D eigenvalue weighted by atomic mass is 16.1. The SMILES string of the molecule is CCCCCCCCCCCCCCCCCC(N)=O.CCCN1CCCC1. The summed E-state index contributed by atoms with van der Waals surface area (Å²) in [6, 6.07) is 0. The summed E-state index contributed by atoms with van der Waals surface area (Å²) in [4.78, 5) is 13.1. The zero-order chi connectivity index (χ0) is 20.7. The zero-order valence-corrected chi connectivity index (χ0v) is 19.5. The number of likely N-dealkylation sites (tertiary alicyclic amines) is 1. The molecule has 168 valence electrons. The smallest absolute Gasteiger partial charge is 0.217 e. The number of nitrogens with zero attached hydrogens (tertiary/aromatic N) is 1. The molecule has 3 nitrogen and oxygen atoms in total. The first-order chi connectivity index (χ1) is 13.7. The normalized spacial score (nSPS) is 14.1. The molecule has 0 aliphatic carbocycles. The second-order valence-electron chi connectivity index (χ2n) is 8.71. The van der Waals surface area contributed by atoms with Crippen LogP contribution in [-0.2, 0) is 4.79 Å². The van der Waals surface area contributed by atoms with Crippen LogP contribution < -0.4 is 5.73 Å². The van der Waals surface area contributed by atoms with Crippen LogP contribution in [0.5, 0.6) is 0 Å². The molecule has 28 heavy (non-hydrogen) atoms. The highest BCUT2D eigenvalue weighted by Crippen LogP contribution is 2.13. The summed E-state index contributed by atoms with van der Waals surface area (Å²) in [6.45, 7) is 8.55. The lowest BCUT2D eigenvalue weighted by Crippen LogP contribution is -2.19. The largest absolute Gasteiger partial charge is 0.370 e. The molecular weight excluding hydrogens is 344 g/mol. The molecule has 0 saturated carbocycles. The van der Waals surface area contributed by atoms with Gasteiger partial charge in [-0.25, -0.2) is 0 Å². The molecule has 0 aromatic heterocycles. The van der Waals surface area contributed by atoms with E-state index in [4.69, 9.17) is 5.73 Å². The van der Waals surface area contributed by atoms with E-state index in [2.05, 4.69) is 18.7 Å². The van der Waals surface area contributed by atoms with Gasteiger partial charge in [-0.1, -0.05) is 104 Å².